The molecule has 1 aliphatic heterocycles. The van der Waals surface area contributed by atoms with Gasteiger partial charge in [-0.25, -0.2) is 4.79 Å². The van der Waals surface area contributed by atoms with Gasteiger partial charge in [0.25, 0.3) is 0 Å². The minimum absolute atomic E-state index is 0.242. The molecule has 0 saturated carbocycles. The van der Waals surface area contributed by atoms with Crippen LogP contribution in [0.3, 0.4) is 0 Å². The lowest BCUT2D eigenvalue weighted by atomic mass is 9.77. The van der Waals surface area contributed by atoms with Crippen LogP contribution in [0.25, 0.3) is 0 Å². The monoisotopic (exact) mass is 210 g/mol. The average Bonchev–Trinajstić information content (AvgIpc) is 2.14. The van der Waals surface area contributed by atoms with Crippen molar-refractivity contribution in [1.82, 2.24) is 10.6 Å². The minimum atomic E-state index is -1.16. The Morgan fingerprint density at radius 2 is 1.80 bits per heavy atom. The number of allylic oxidation sites excluding steroid dienone is 1. The fraction of sp³-hybridized carbons (Fsp3) is 0.500. The molecule has 0 aromatic rings. The summed E-state index contributed by atoms with van der Waals surface area (Å²) in [6, 6.07) is -0.749. The van der Waals surface area contributed by atoms with Gasteiger partial charge in [-0.1, -0.05) is 19.4 Å². The molecule has 82 valence electrons. The zero-order valence-electron chi connectivity index (χ0n) is 8.63. The largest absolute Gasteiger partial charge is 0.328 e. The molecule has 0 unspecified atom stereocenters. The predicted octanol–water partition coefficient (Wildman–Crippen LogP) is 0.715. The van der Waals surface area contributed by atoms with Crippen molar-refractivity contribution in [3.63, 3.8) is 0 Å². The highest BCUT2D eigenvalue weighted by Crippen LogP contribution is 2.31. The van der Waals surface area contributed by atoms with Crippen molar-refractivity contribution < 1.29 is 14.4 Å². The molecule has 1 fully saturated rings. The Morgan fingerprint density at radius 1 is 1.27 bits per heavy atom. The van der Waals surface area contributed by atoms with Crippen molar-refractivity contribution in [3.05, 3.63) is 12.7 Å². The van der Waals surface area contributed by atoms with Gasteiger partial charge in [0.05, 0.1) is 0 Å². The van der Waals surface area contributed by atoms with Crippen LogP contribution in [-0.2, 0) is 9.59 Å². The van der Waals surface area contributed by atoms with Gasteiger partial charge in [0.1, 0.15) is 5.41 Å². The normalized spacial score (nSPS) is 19.4. The van der Waals surface area contributed by atoms with Crippen LogP contribution in [-0.4, -0.2) is 17.8 Å². The molecule has 0 spiro atoms. The van der Waals surface area contributed by atoms with Crippen LogP contribution in [0.5, 0.6) is 0 Å². The van der Waals surface area contributed by atoms with E-state index in [1.54, 1.807) is 0 Å². The highest BCUT2D eigenvalue weighted by atomic mass is 16.2. The first-order chi connectivity index (χ1) is 7.06. The zero-order valence-corrected chi connectivity index (χ0v) is 8.63. The van der Waals surface area contributed by atoms with Crippen molar-refractivity contribution in [2.24, 2.45) is 5.41 Å². The Kier molecular flexibility index (Phi) is 3.24. The van der Waals surface area contributed by atoms with Gasteiger partial charge in [0.2, 0.25) is 11.8 Å². The van der Waals surface area contributed by atoms with Crippen molar-refractivity contribution in [1.29, 1.82) is 0 Å². The molecule has 5 heteroatoms. The van der Waals surface area contributed by atoms with E-state index in [0.29, 0.717) is 12.8 Å². The van der Waals surface area contributed by atoms with E-state index in [0.717, 1.165) is 0 Å². The quantitative estimate of drug-likeness (QED) is 0.530. The molecular weight excluding hydrogens is 196 g/mol. The van der Waals surface area contributed by atoms with Crippen LogP contribution < -0.4 is 10.6 Å². The first-order valence-electron chi connectivity index (χ1n) is 4.84. The van der Waals surface area contributed by atoms with E-state index in [4.69, 9.17) is 0 Å². The summed E-state index contributed by atoms with van der Waals surface area (Å²) in [7, 11) is 0. The van der Waals surface area contributed by atoms with Gasteiger partial charge in [-0.2, -0.15) is 0 Å². The van der Waals surface area contributed by atoms with Crippen LogP contribution in [0.4, 0.5) is 4.79 Å². The number of hydrogen-bond acceptors (Lipinski definition) is 3. The first kappa shape index (κ1) is 11.4. The van der Waals surface area contributed by atoms with E-state index in [1.807, 2.05) is 6.92 Å². The van der Waals surface area contributed by atoms with Gasteiger partial charge in [-0.15, -0.1) is 6.58 Å². The van der Waals surface area contributed by atoms with Crippen molar-refractivity contribution in [3.8, 4) is 0 Å². The zero-order chi connectivity index (χ0) is 11.5. The van der Waals surface area contributed by atoms with Crippen molar-refractivity contribution >= 4 is 17.8 Å². The number of imide groups is 2. The second-order valence-corrected chi connectivity index (χ2v) is 3.56. The van der Waals surface area contributed by atoms with Crippen LogP contribution in [0.15, 0.2) is 12.7 Å². The Hall–Kier alpha value is -1.65. The second kappa shape index (κ2) is 4.25. The van der Waals surface area contributed by atoms with E-state index >= 15 is 0 Å². The third kappa shape index (κ3) is 1.91. The van der Waals surface area contributed by atoms with Gasteiger partial charge >= 0.3 is 6.03 Å². The Balaban J connectivity index is 3.02. The molecule has 0 atom stereocenters. The predicted molar refractivity (Wildman–Crippen MR) is 53.8 cm³/mol. The molecule has 4 amide bonds. The summed E-state index contributed by atoms with van der Waals surface area (Å²) >= 11 is 0. The molecule has 1 aliphatic rings. The smallest absolute Gasteiger partial charge is 0.277 e. The Labute approximate surface area is 87.9 Å². The number of carbonyl (C=O) groups is 3. The summed E-state index contributed by atoms with van der Waals surface area (Å²) in [5, 5.41) is 4.23. The molecule has 15 heavy (non-hydrogen) atoms. The highest BCUT2D eigenvalue weighted by Gasteiger charge is 2.48. The lowest BCUT2D eigenvalue weighted by Crippen LogP contribution is -2.62. The SMILES string of the molecule is C=CCC1(CCC)C(=O)NC(=O)NC1=O. The third-order valence-corrected chi connectivity index (χ3v) is 2.49. The molecule has 0 aliphatic carbocycles. The van der Waals surface area contributed by atoms with Gasteiger partial charge in [0, 0.05) is 0 Å². The van der Waals surface area contributed by atoms with Crippen LogP contribution in [0, 0.1) is 5.41 Å². The van der Waals surface area contributed by atoms with Gasteiger partial charge in [-0.05, 0) is 12.8 Å². The molecule has 1 heterocycles. The van der Waals surface area contributed by atoms with Crippen molar-refractivity contribution in [2.45, 2.75) is 26.2 Å². The van der Waals surface area contributed by atoms with Crippen LogP contribution in [0.1, 0.15) is 26.2 Å². The van der Waals surface area contributed by atoms with E-state index in [1.165, 1.54) is 6.08 Å². The van der Waals surface area contributed by atoms with Crippen LogP contribution >= 0.6 is 0 Å². The fourth-order valence-electron chi connectivity index (χ4n) is 1.77. The Bertz CT molecular complexity index is 303. The minimum Gasteiger partial charge on any atom is -0.277 e. The number of hydrogen-bond donors (Lipinski definition) is 2. The summed E-state index contributed by atoms with van der Waals surface area (Å²) in [4.78, 5) is 34.2. The fourth-order valence-corrected chi connectivity index (χ4v) is 1.77. The van der Waals surface area contributed by atoms with Gasteiger partial charge in [-0.3, -0.25) is 20.2 Å². The Morgan fingerprint density at radius 3 is 2.20 bits per heavy atom. The number of barbiturate groups is 1. The summed E-state index contributed by atoms with van der Waals surface area (Å²) < 4.78 is 0. The van der Waals surface area contributed by atoms with Gasteiger partial charge < -0.3 is 0 Å². The number of rotatable bonds is 4. The molecule has 1 rings (SSSR count). The topological polar surface area (TPSA) is 75.3 Å². The molecule has 0 aromatic carbocycles. The lowest BCUT2D eigenvalue weighted by Gasteiger charge is -2.32. The molecule has 5 nitrogen and oxygen atoms in total. The van der Waals surface area contributed by atoms with Gasteiger partial charge in [0.15, 0.2) is 0 Å². The van der Waals surface area contributed by atoms with E-state index < -0.39 is 23.3 Å². The molecule has 1 saturated heterocycles. The average molecular weight is 210 g/mol. The first-order valence-corrected chi connectivity index (χ1v) is 4.84. The third-order valence-electron chi connectivity index (χ3n) is 2.49. The summed E-state index contributed by atoms with van der Waals surface area (Å²) in [6.45, 7) is 5.40. The maximum absolute atomic E-state index is 11.7. The number of urea groups is 1. The van der Waals surface area contributed by atoms with Crippen LogP contribution in [0.2, 0.25) is 0 Å². The molecule has 2 N–H and O–H groups in total. The van der Waals surface area contributed by atoms with Crippen molar-refractivity contribution in [2.75, 3.05) is 0 Å². The molecule has 0 radical (unpaired) electrons. The van der Waals surface area contributed by atoms with E-state index in [2.05, 4.69) is 17.2 Å². The maximum atomic E-state index is 11.7. The number of nitrogens with one attached hydrogen (secondary N) is 2. The molecular formula is C10H14N2O3. The molecule has 0 aromatic heterocycles. The summed E-state index contributed by atoms with van der Waals surface area (Å²) in [5.74, 6) is -1.06. The summed E-state index contributed by atoms with van der Waals surface area (Å²) in [5.41, 5.74) is -1.16. The van der Waals surface area contributed by atoms with E-state index in [-0.39, 0.29) is 6.42 Å². The molecule has 0 bridgehead atoms. The maximum Gasteiger partial charge on any atom is 0.328 e. The number of amides is 4. The standard InChI is InChI=1S/C10H14N2O3/c1-3-5-10(6-4-2)7(13)11-9(15)12-8(10)14/h3H,1,4-6H2,2H3,(H2,11,12,13,14,15). The number of carbonyl (C=O) groups excluding carboxylic acids is 3. The second-order valence-electron chi connectivity index (χ2n) is 3.56. The highest BCUT2D eigenvalue weighted by molar-refractivity contribution is 6.19. The lowest BCUT2D eigenvalue weighted by molar-refractivity contribution is -0.144. The summed E-state index contributed by atoms with van der Waals surface area (Å²) in [6.07, 6.45) is 2.85. The van der Waals surface area contributed by atoms with E-state index in [9.17, 15) is 14.4 Å².